The zero-order valence-electron chi connectivity index (χ0n) is 8.11. The van der Waals surface area contributed by atoms with E-state index in [1.165, 1.54) is 5.56 Å². The molecule has 2 heteroatoms. The minimum Gasteiger partial charge on any atom is -0.330 e. The molecular formula is C11H18N2. The van der Waals surface area contributed by atoms with Crippen LogP contribution in [0.1, 0.15) is 24.8 Å². The van der Waals surface area contributed by atoms with Crippen molar-refractivity contribution in [3.63, 3.8) is 0 Å². The van der Waals surface area contributed by atoms with Gasteiger partial charge in [-0.05, 0) is 12.0 Å². The molecule has 1 rings (SSSR count). The number of nitrogens with two attached hydrogens (primary N) is 2. The van der Waals surface area contributed by atoms with Crippen molar-refractivity contribution in [1.82, 2.24) is 0 Å². The summed E-state index contributed by atoms with van der Waals surface area (Å²) in [7, 11) is 0. The lowest BCUT2D eigenvalue weighted by molar-refractivity contribution is 0.525. The SMILES string of the molecule is CCC(N)C(CN)c1ccccc1. The Balaban J connectivity index is 2.78. The van der Waals surface area contributed by atoms with Gasteiger partial charge in [-0.1, -0.05) is 37.3 Å². The van der Waals surface area contributed by atoms with Gasteiger partial charge in [-0.25, -0.2) is 0 Å². The van der Waals surface area contributed by atoms with Crippen LogP contribution in [-0.4, -0.2) is 12.6 Å². The third-order valence-electron chi connectivity index (χ3n) is 2.47. The first-order chi connectivity index (χ1) is 6.29. The highest BCUT2D eigenvalue weighted by Crippen LogP contribution is 2.18. The summed E-state index contributed by atoms with van der Waals surface area (Å²) in [4.78, 5) is 0. The molecule has 4 N–H and O–H groups in total. The normalized spacial score (nSPS) is 15.3. The van der Waals surface area contributed by atoms with Crippen LogP contribution in [-0.2, 0) is 0 Å². The molecule has 0 heterocycles. The van der Waals surface area contributed by atoms with Gasteiger partial charge < -0.3 is 11.5 Å². The first-order valence-corrected chi connectivity index (χ1v) is 4.80. The molecule has 0 aliphatic carbocycles. The van der Waals surface area contributed by atoms with Crippen LogP contribution in [0.25, 0.3) is 0 Å². The number of rotatable bonds is 4. The van der Waals surface area contributed by atoms with Gasteiger partial charge in [0, 0.05) is 18.5 Å². The Kier molecular flexibility index (Phi) is 3.93. The average Bonchev–Trinajstić information content (AvgIpc) is 2.20. The first kappa shape index (κ1) is 10.2. The Morgan fingerprint density at radius 1 is 1.23 bits per heavy atom. The molecule has 0 saturated heterocycles. The molecule has 0 aliphatic heterocycles. The predicted octanol–water partition coefficient (Wildman–Crippen LogP) is 1.47. The number of hydrogen-bond donors (Lipinski definition) is 2. The minimum atomic E-state index is 0.174. The molecule has 0 fully saturated rings. The summed E-state index contributed by atoms with van der Waals surface area (Å²) in [5.74, 6) is 0.297. The Hall–Kier alpha value is -0.860. The van der Waals surface area contributed by atoms with Crippen molar-refractivity contribution in [3.05, 3.63) is 35.9 Å². The summed E-state index contributed by atoms with van der Waals surface area (Å²) in [6.07, 6.45) is 0.969. The molecular weight excluding hydrogens is 160 g/mol. The second-order valence-electron chi connectivity index (χ2n) is 3.32. The zero-order valence-corrected chi connectivity index (χ0v) is 8.11. The van der Waals surface area contributed by atoms with Gasteiger partial charge in [0.15, 0.2) is 0 Å². The van der Waals surface area contributed by atoms with Crippen LogP contribution in [0, 0.1) is 0 Å². The van der Waals surface area contributed by atoms with E-state index >= 15 is 0 Å². The molecule has 0 spiro atoms. The van der Waals surface area contributed by atoms with Gasteiger partial charge >= 0.3 is 0 Å². The monoisotopic (exact) mass is 178 g/mol. The van der Waals surface area contributed by atoms with E-state index in [2.05, 4.69) is 19.1 Å². The van der Waals surface area contributed by atoms with Crippen LogP contribution in [0.2, 0.25) is 0 Å². The van der Waals surface area contributed by atoms with Gasteiger partial charge in [-0.15, -0.1) is 0 Å². The molecule has 0 amide bonds. The van der Waals surface area contributed by atoms with E-state index in [1.54, 1.807) is 0 Å². The van der Waals surface area contributed by atoms with Crippen LogP contribution < -0.4 is 11.5 Å². The Morgan fingerprint density at radius 3 is 2.31 bits per heavy atom. The highest BCUT2D eigenvalue weighted by atomic mass is 14.7. The standard InChI is InChI=1S/C11H18N2/c1-2-11(13)10(8-12)9-6-4-3-5-7-9/h3-7,10-11H,2,8,12-13H2,1H3. The topological polar surface area (TPSA) is 52.0 Å². The fraction of sp³-hybridized carbons (Fsp3) is 0.455. The van der Waals surface area contributed by atoms with Crippen molar-refractivity contribution in [1.29, 1.82) is 0 Å². The van der Waals surface area contributed by atoms with Crippen LogP contribution >= 0.6 is 0 Å². The molecule has 0 aliphatic rings. The summed E-state index contributed by atoms with van der Waals surface area (Å²) in [5, 5.41) is 0. The number of hydrogen-bond acceptors (Lipinski definition) is 2. The lowest BCUT2D eigenvalue weighted by atomic mass is 9.91. The highest BCUT2D eigenvalue weighted by molar-refractivity contribution is 5.21. The molecule has 2 unspecified atom stereocenters. The summed E-state index contributed by atoms with van der Waals surface area (Å²) >= 11 is 0. The lowest BCUT2D eigenvalue weighted by Gasteiger charge is -2.21. The van der Waals surface area contributed by atoms with Crippen LogP contribution in [0.3, 0.4) is 0 Å². The largest absolute Gasteiger partial charge is 0.330 e. The molecule has 2 atom stereocenters. The maximum absolute atomic E-state index is 5.98. The van der Waals surface area contributed by atoms with Crippen molar-refractivity contribution in [3.8, 4) is 0 Å². The Morgan fingerprint density at radius 2 is 1.85 bits per heavy atom. The molecule has 1 aromatic carbocycles. The van der Waals surface area contributed by atoms with Crippen molar-refractivity contribution in [2.45, 2.75) is 25.3 Å². The molecule has 13 heavy (non-hydrogen) atoms. The molecule has 0 aromatic heterocycles. The van der Waals surface area contributed by atoms with E-state index in [9.17, 15) is 0 Å². The second-order valence-corrected chi connectivity index (χ2v) is 3.32. The Bertz CT molecular complexity index is 233. The Labute approximate surface area is 79.9 Å². The van der Waals surface area contributed by atoms with Gasteiger partial charge in [-0.3, -0.25) is 0 Å². The minimum absolute atomic E-state index is 0.174. The van der Waals surface area contributed by atoms with Crippen molar-refractivity contribution in [2.24, 2.45) is 11.5 Å². The van der Waals surface area contributed by atoms with Gasteiger partial charge in [0.1, 0.15) is 0 Å². The summed E-state index contributed by atoms with van der Waals surface area (Å²) in [6, 6.07) is 10.4. The quantitative estimate of drug-likeness (QED) is 0.733. The van der Waals surface area contributed by atoms with Crippen molar-refractivity contribution < 1.29 is 0 Å². The van der Waals surface area contributed by atoms with E-state index in [0.29, 0.717) is 12.5 Å². The molecule has 0 bridgehead atoms. The third kappa shape index (κ3) is 2.54. The van der Waals surface area contributed by atoms with E-state index in [-0.39, 0.29) is 6.04 Å². The second kappa shape index (κ2) is 5.00. The fourth-order valence-electron chi connectivity index (χ4n) is 1.54. The van der Waals surface area contributed by atoms with Crippen molar-refractivity contribution in [2.75, 3.05) is 6.54 Å². The van der Waals surface area contributed by atoms with E-state index < -0.39 is 0 Å². The molecule has 2 nitrogen and oxygen atoms in total. The van der Waals surface area contributed by atoms with E-state index in [1.807, 2.05) is 18.2 Å². The first-order valence-electron chi connectivity index (χ1n) is 4.80. The summed E-state index contributed by atoms with van der Waals surface area (Å²) in [5.41, 5.74) is 12.9. The van der Waals surface area contributed by atoms with Gasteiger partial charge in [0.2, 0.25) is 0 Å². The zero-order chi connectivity index (χ0) is 9.68. The maximum Gasteiger partial charge on any atom is 0.0117 e. The van der Waals surface area contributed by atoms with Gasteiger partial charge in [0.05, 0.1) is 0 Å². The number of benzene rings is 1. The smallest absolute Gasteiger partial charge is 0.0117 e. The summed E-state index contributed by atoms with van der Waals surface area (Å²) < 4.78 is 0. The molecule has 1 aromatic rings. The van der Waals surface area contributed by atoms with Gasteiger partial charge in [0.25, 0.3) is 0 Å². The van der Waals surface area contributed by atoms with Crippen LogP contribution in [0.5, 0.6) is 0 Å². The van der Waals surface area contributed by atoms with Gasteiger partial charge in [-0.2, -0.15) is 0 Å². The van der Waals surface area contributed by atoms with E-state index in [0.717, 1.165) is 6.42 Å². The molecule has 0 radical (unpaired) electrons. The predicted molar refractivity (Wildman–Crippen MR) is 56.5 cm³/mol. The fourth-order valence-corrected chi connectivity index (χ4v) is 1.54. The summed E-state index contributed by atoms with van der Waals surface area (Å²) in [6.45, 7) is 2.72. The van der Waals surface area contributed by atoms with Crippen molar-refractivity contribution >= 4 is 0 Å². The maximum atomic E-state index is 5.98. The third-order valence-corrected chi connectivity index (χ3v) is 2.47. The average molecular weight is 178 g/mol. The molecule has 72 valence electrons. The van der Waals surface area contributed by atoms with Crippen LogP contribution in [0.15, 0.2) is 30.3 Å². The highest BCUT2D eigenvalue weighted by Gasteiger charge is 2.15. The van der Waals surface area contributed by atoms with E-state index in [4.69, 9.17) is 11.5 Å². The lowest BCUT2D eigenvalue weighted by Crippen LogP contribution is -2.32. The van der Waals surface area contributed by atoms with Crippen LogP contribution in [0.4, 0.5) is 0 Å². The molecule has 0 saturated carbocycles.